The first-order valence-electron chi connectivity index (χ1n) is 9.73. The maximum Gasteiger partial charge on any atom is 0.225 e. The van der Waals surface area contributed by atoms with E-state index in [1.54, 1.807) is 18.9 Å². The standard InChI is InChI=1S/C21H32N2O4/c1-15(2)9-11-27-19-8-7-17(12-20(19)26-4)13-22-21(25)18-6-5-10-23(14-18)16(3)24/h7-8,12,15,18H,5-6,9-11,13-14H2,1-4H3,(H,22,25)/t18-/m0/s1. The van der Waals surface area contributed by atoms with Gasteiger partial charge in [-0.2, -0.15) is 0 Å². The van der Waals surface area contributed by atoms with Gasteiger partial charge in [0.2, 0.25) is 11.8 Å². The maximum atomic E-state index is 12.5. The van der Waals surface area contributed by atoms with Gasteiger partial charge in [0.25, 0.3) is 0 Å². The highest BCUT2D eigenvalue weighted by Gasteiger charge is 2.26. The zero-order valence-electron chi connectivity index (χ0n) is 16.9. The smallest absolute Gasteiger partial charge is 0.225 e. The van der Waals surface area contributed by atoms with Crippen molar-refractivity contribution < 1.29 is 19.1 Å². The van der Waals surface area contributed by atoms with E-state index in [0.29, 0.717) is 31.4 Å². The Balaban J connectivity index is 1.89. The molecule has 0 radical (unpaired) electrons. The number of piperidine rings is 1. The summed E-state index contributed by atoms with van der Waals surface area (Å²) in [6, 6.07) is 5.72. The van der Waals surface area contributed by atoms with Crippen LogP contribution >= 0.6 is 0 Å². The molecule has 1 aliphatic heterocycles. The summed E-state index contributed by atoms with van der Waals surface area (Å²) in [7, 11) is 1.62. The van der Waals surface area contributed by atoms with Gasteiger partial charge in [0, 0.05) is 26.6 Å². The minimum absolute atomic E-state index is 0.00261. The third-order valence-electron chi connectivity index (χ3n) is 4.89. The largest absolute Gasteiger partial charge is 0.493 e. The van der Waals surface area contributed by atoms with Crippen LogP contribution in [0.5, 0.6) is 11.5 Å². The molecule has 27 heavy (non-hydrogen) atoms. The topological polar surface area (TPSA) is 67.9 Å². The minimum atomic E-state index is -0.136. The SMILES string of the molecule is COc1cc(CNC(=O)[C@H]2CCCN(C(C)=O)C2)ccc1OCCC(C)C. The molecule has 1 fully saturated rings. The summed E-state index contributed by atoms with van der Waals surface area (Å²) in [4.78, 5) is 25.7. The van der Waals surface area contributed by atoms with Crippen LogP contribution in [0, 0.1) is 11.8 Å². The Labute approximate surface area is 162 Å². The molecule has 1 saturated heterocycles. The predicted molar refractivity (Wildman–Crippen MR) is 105 cm³/mol. The van der Waals surface area contributed by atoms with E-state index in [0.717, 1.165) is 37.1 Å². The molecule has 0 bridgehead atoms. The van der Waals surface area contributed by atoms with Crippen LogP contribution in [0.25, 0.3) is 0 Å². The molecule has 1 aliphatic rings. The average Bonchev–Trinajstić information content (AvgIpc) is 2.66. The number of likely N-dealkylation sites (tertiary alicyclic amines) is 1. The number of carbonyl (C=O) groups excluding carboxylic acids is 2. The van der Waals surface area contributed by atoms with Crippen molar-refractivity contribution in [3.63, 3.8) is 0 Å². The molecule has 6 nitrogen and oxygen atoms in total. The summed E-state index contributed by atoms with van der Waals surface area (Å²) < 4.78 is 11.2. The van der Waals surface area contributed by atoms with Crippen molar-refractivity contribution in [2.75, 3.05) is 26.8 Å². The summed E-state index contributed by atoms with van der Waals surface area (Å²) in [5.41, 5.74) is 0.954. The van der Waals surface area contributed by atoms with Gasteiger partial charge in [-0.25, -0.2) is 0 Å². The fraction of sp³-hybridized carbons (Fsp3) is 0.619. The molecule has 0 aliphatic carbocycles. The van der Waals surface area contributed by atoms with Gasteiger partial charge >= 0.3 is 0 Å². The number of rotatable bonds is 8. The van der Waals surface area contributed by atoms with Gasteiger partial charge in [-0.05, 0) is 42.9 Å². The van der Waals surface area contributed by atoms with Crippen molar-refractivity contribution in [3.05, 3.63) is 23.8 Å². The Kier molecular flexibility index (Phi) is 7.95. The summed E-state index contributed by atoms with van der Waals surface area (Å²) in [6.45, 7) is 8.21. The molecular formula is C21H32N2O4. The van der Waals surface area contributed by atoms with Crippen molar-refractivity contribution in [1.29, 1.82) is 0 Å². The van der Waals surface area contributed by atoms with Gasteiger partial charge in [-0.1, -0.05) is 19.9 Å². The van der Waals surface area contributed by atoms with Gasteiger partial charge in [0.1, 0.15) is 0 Å². The van der Waals surface area contributed by atoms with Crippen molar-refractivity contribution in [3.8, 4) is 11.5 Å². The molecule has 1 aromatic rings. The second-order valence-corrected chi connectivity index (χ2v) is 7.54. The predicted octanol–water partition coefficient (Wildman–Crippen LogP) is 2.99. The summed E-state index contributed by atoms with van der Waals surface area (Å²) in [6.07, 6.45) is 2.68. The molecule has 2 amide bonds. The molecule has 0 aromatic heterocycles. The Hall–Kier alpha value is -2.24. The Bertz CT molecular complexity index is 645. The van der Waals surface area contributed by atoms with E-state index in [4.69, 9.17) is 9.47 Å². The lowest BCUT2D eigenvalue weighted by atomic mass is 9.97. The van der Waals surface area contributed by atoms with Gasteiger partial charge < -0.3 is 19.7 Å². The second kappa shape index (κ2) is 10.2. The molecule has 1 aromatic carbocycles. The van der Waals surface area contributed by atoms with Crippen molar-refractivity contribution in [2.45, 2.75) is 46.6 Å². The van der Waals surface area contributed by atoms with Crippen molar-refractivity contribution in [1.82, 2.24) is 10.2 Å². The van der Waals surface area contributed by atoms with Gasteiger partial charge in [-0.3, -0.25) is 9.59 Å². The third kappa shape index (κ3) is 6.45. The Morgan fingerprint density at radius 1 is 1.30 bits per heavy atom. The van der Waals surface area contributed by atoms with Crippen molar-refractivity contribution in [2.24, 2.45) is 11.8 Å². The Morgan fingerprint density at radius 2 is 2.07 bits per heavy atom. The van der Waals surface area contributed by atoms with E-state index in [-0.39, 0.29) is 17.7 Å². The molecule has 0 unspecified atom stereocenters. The van der Waals surface area contributed by atoms with Crippen LogP contribution in [0.3, 0.4) is 0 Å². The zero-order valence-corrected chi connectivity index (χ0v) is 16.9. The molecule has 1 heterocycles. The fourth-order valence-corrected chi connectivity index (χ4v) is 3.16. The van der Waals surface area contributed by atoms with E-state index in [2.05, 4.69) is 19.2 Å². The van der Waals surface area contributed by atoms with E-state index in [1.165, 1.54) is 0 Å². The zero-order chi connectivity index (χ0) is 19.8. The monoisotopic (exact) mass is 376 g/mol. The van der Waals surface area contributed by atoms with Crippen LogP contribution < -0.4 is 14.8 Å². The van der Waals surface area contributed by atoms with Crippen LogP contribution in [0.4, 0.5) is 0 Å². The number of carbonyl (C=O) groups is 2. The number of nitrogens with zero attached hydrogens (tertiary/aromatic N) is 1. The van der Waals surface area contributed by atoms with E-state index in [1.807, 2.05) is 18.2 Å². The molecule has 2 rings (SSSR count). The molecule has 0 spiro atoms. The van der Waals surface area contributed by atoms with E-state index in [9.17, 15) is 9.59 Å². The lowest BCUT2D eigenvalue weighted by molar-refractivity contribution is -0.134. The molecule has 0 saturated carbocycles. The highest BCUT2D eigenvalue weighted by molar-refractivity contribution is 5.80. The van der Waals surface area contributed by atoms with E-state index < -0.39 is 0 Å². The first-order valence-corrected chi connectivity index (χ1v) is 9.73. The lowest BCUT2D eigenvalue weighted by Crippen LogP contribution is -2.44. The average molecular weight is 376 g/mol. The number of amides is 2. The summed E-state index contributed by atoms with van der Waals surface area (Å²) >= 11 is 0. The number of hydrogen-bond donors (Lipinski definition) is 1. The molecule has 6 heteroatoms. The van der Waals surface area contributed by atoms with E-state index >= 15 is 0 Å². The normalized spacial score (nSPS) is 16.9. The molecule has 150 valence electrons. The molecule has 1 N–H and O–H groups in total. The highest BCUT2D eigenvalue weighted by atomic mass is 16.5. The first-order chi connectivity index (χ1) is 12.9. The van der Waals surface area contributed by atoms with Crippen LogP contribution in [0.1, 0.15) is 45.6 Å². The van der Waals surface area contributed by atoms with Crippen molar-refractivity contribution >= 4 is 11.8 Å². The number of benzene rings is 1. The highest BCUT2D eigenvalue weighted by Crippen LogP contribution is 2.28. The number of methoxy groups -OCH3 is 1. The van der Waals surface area contributed by atoms with Crippen LogP contribution in [-0.2, 0) is 16.1 Å². The van der Waals surface area contributed by atoms with Gasteiger partial charge in [-0.15, -0.1) is 0 Å². The number of hydrogen-bond acceptors (Lipinski definition) is 4. The van der Waals surface area contributed by atoms with Crippen LogP contribution in [0.2, 0.25) is 0 Å². The minimum Gasteiger partial charge on any atom is -0.493 e. The number of ether oxygens (including phenoxy) is 2. The fourth-order valence-electron chi connectivity index (χ4n) is 3.16. The van der Waals surface area contributed by atoms with Gasteiger partial charge in [0.15, 0.2) is 11.5 Å². The first kappa shape index (κ1) is 21.1. The quantitative estimate of drug-likeness (QED) is 0.757. The third-order valence-corrected chi connectivity index (χ3v) is 4.89. The van der Waals surface area contributed by atoms with Crippen LogP contribution in [-0.4, -0.2) is 43.5 Å². The second-order valence-electron chi connectivity index (χ2n) is 7.54. The summed E-state index contributed by atoms with van der Waals surface area (Å²) in [5, 5.41) is 2.98. The number of nitrogens with one attached hydrogen (secondary N) is 1. The lowest BCUT2D eigenvalue weighted by Gasteiger charge is -2.31. The summed E-state index contributed by atoms with van der Waals surface area (Å²) in [5.74, 6) is 1.87. The maximum absolute atomic E-state index is 12.5. The van der Waals surface area contributed by atoms with Crippen LogP contribution in [0.15, 0.2) is 18.2 Å². The molecular weight excluding hydrogens is 344 g/mol. The Morgan fingerprint density at radius 3 is 2.74 bits per heavy atom. The van der Waals surface area contributed by atoms with Gasteiger partial charge in [0.05, 0.1) is 19.6 Å². The molecule has 1 atom stereocenters.